The average molecular weight is 322 g/mol. The van der Waals surface area contributed by atoms with Gasteiger partial charge in [0.2, 0.25) is 5.91 Å². The molecule has 2 aromatic carbocycles. The van der Waals surface area contributed by atoms with Gasteiger partial charge in [0.25, 0.3) is 5.56 Å². The molecule has 1 amide bonds. The first-order chi connectivity index (χ1) is 11.7. The molecule has 0 bridgehead atoms. The molecule has 24 heavy (non-hydrogen) atoms. The number of aromatic nitrogens is 1. The Labute approximate surface area is 139 Å². The van der Waals surface area contributed by atoms with Gasteiger partial charge in [-0.2, -0.15) is 0 Å². The molecule has 1 heterocycles. The molecular formula is C19H18N2O3. The minimum absolute atomic E-state index is 0.0983. The van der Waals surface area contributed by atoms with Gasteiger partial charge in [-0.3, -0.25) is 9.59 Å². The first-order valence-electron chi connectivity index (χ1n) is 7.76. The van der Waals surface area contributed by atoms with Gasteiger partial charge in [0.05, 0.1) is 13.0 Å². The summed E-state index contributed by atoms with van der Waals surface area (Å²) in [4.78, 5) is 24.6. The maximum atomic E-state index is 12.4. The maximum absolute atomic E-state index is 12.4. The van der Waals surface area contributed by atoms with Gasteiger partial charge in [0, 0.05) is 29.2 Å². The van der Waals surface area contributed by atoms with E-state index < -0.39 is 0 Å². The molecule has 0 fully saturated rings. The normalized spacial score (nSPS) is 10.7. The first kappa shape index (κ1) is 16.0. The molecule has 0 aliphatic heterocycles. The fourth-order valence-electron chi connectivity index (χ4n) is 2.69. The van der Waals surface area contributed by atoms with Crippen LogP contribution < -0.4 is 10.9 Å². The van der Waals surface area contributed by atoms with Crippen molar-refractivity contribution >= 4 is 22.4 Å². The van der Waals surface area contributed by atoms with Crippen molar-refractivity contribution in [1.29, 1.82) is 0 Å². The smallest absolute Gasteiger partial charge is 0.258 e. The second-order valence-corrected chi connectivity index (χ2v) is 5.52. The number of aliphatic hydroxyl groups is 1. The number of carbonyl (C=O) groups is 1. The zero-order valence-electron chi connectivity index (χ0n) is 13.1. The van der Waals surface area contributed by atoms with E-state index in [-0.39, 0.29) is 31.0 Å². The maximum Gasteiger partial charge on any atom is 0.258 e. The number of hydrogen-bond acceptors (Lipinski definition) is 3. The van der Waals surface area contributed by atoms with Gasteiger partial charge in [0.15, 0.2) is 0 Å². The molecule has 0 aliphatic rings. The van der Waals surface area contributed by atoms with Crippen molar-refractivity contribution in [3.05, 3.63) is 76.7 Å². The highest BCUT2D eigenvalue weighted by atomic mass is 16.3. The average Bonchev–Trinajstić information content (AvgIpc) is 2.59. The Bertz CT molecular complexity index is 917. The van der Waals surface area contributed by atoms with Crippen molar-refractivity contribution in [1.82, 2.24) is 4.57 Å². The van der Waals surface area contributed by atoms with E-state index in [0.29, 0.717) is 16.5 Å². The lowest BCUT2D eigenvalue weighted by molar-refractivity contribution is -0.115. The Balaban J connectivity index is 1.88. The number of rotatable bonds is 5. The van der Waals surface area contributed by atoms with Gasteiger partial charge in [0.1, 0.15) is 0 Å². The Morgan fingerprint density at radius 3 is 2.54 bits per heavy atom. The summed E-state index contributed by atoms with van der Waals surface area (Å²) < 4.78 is 1.46. The van der Waals surface area contributed by atoms with Crippen LogP contribution in [-0.4, -0.2) is 22.2 Å². The van der Waals surface area contributed by atoms with Crippen molar-refractivity contribution < 1.29 is 9.90 Å². The topological polar surface area (TPSA) is 71.3 Å². The molecule has 1 aromatic heterocycles. The second kappa shape index (κ2) is 7.10. The van der Waals surface area contributed by atoms with E-state index in [9.17, 15) is 9.59 Å². The van der Waals surface area contributed by atoms with Crippen LogP contribution in [0.3, 0.4) is 0 Å². The molecule has 2 N–H and O–H groups in total. The third-order valence-electron chi connectivity index (χ3n) is 3.84. The second-order valence-electron chi connectivity index (χ2n) is 5.52. The Kier molecular flexibility index (Phi) is 4.72. The van der Waals surface area contributed by atoms with Gasteiger partial charge >= 0.3 is 0 Å². The lowest BCUT2D eigenvalue weighted by atomic mass is 10.1. The number of carbonyl (C=O) groups excluding carboxylic acids is 1. The summed E-state index contributed by atoms with van der Waals surface area (Å²) in [6.07, 6.45) is 1.91. The number of pyridine rings is 1. The fourth-order valence-corrected chi connectivity index (χ4v) is 2.69. The standard InChI is InChI=1S/C19H18N2O3/c22-12-11-21-10-9-15-16(19(21)24)7-4-8-17(15)20-18(23)13-14-5-2-1-3-6-14/h1-10,22H,11-13H2,(H,20,23). The van der Waals surface area contributed by atoms with Crippen LogP contribution in [0.1, 0.15) is 5.56 Å². The predicted molar refractivity (Wildman–Crippen MR) is 94.1 cm³/mol. The van der Waals surface area contributed by atoms with E-state index in [0.717, 1.165) is 5.56 Å². The van der Waals surface area contributed by atoms with E-state index in [1.165, 1.54) is 4.57 Å². The van der Waals surface area contributed by atoms with Gasteiger partial charge in [-0.15, -0.1) is 0 Å². The fraction of sp³-hybridized carbons (Fsp3) is 0.158. The van der Waals surface area contributed by atoms with E-state index in [1.807, 2.05) is 30.3 Å². The molecule has 3 rings (SSSR count). The number of fused-ring (bicyclic) bond motifs is 1. The van der Waals surface area contributed by atoms with Crippen LogP contribution in [0.25, 0.3) is 10.8 Å². The molecule has 0 atom stereocenters. The van der Waals surface area contributed by atoms with Crippen LogP contribution in [0.5, 0.6) is 0 Å². The number of anilines is 1. The highest BCUT2D eigenvalue weighted by Crippen LogP contribution is 2.21. The van der Waals surface area contributed by atoms with Gasteiger partial charge in [-0.1, -0.05) is 36.4 Å². The molecular weight excluding hydrogens is 304 g/mol. The SMILES string of the molecule is O=C(Cc1ccccc1)Nc1cccc2c(=O)n(CCO)ccc12. The summed E-state index contributed by atoms with van der Waals surface area (Å²) in [5, 5.41) is 13.1. The number of nitrogens with zero attached hydrogens (tertiary/aromatic N) is 1. The van der Waals surface area contributed by atoms with Crippen LogP contribution in [-0.2, 0) is 17.8 Å². The Hall–Kier alpha value is -2.92. The number of amides is 1. The molecule has 0 radical (unpaired) electrons. The summed E-state index contributed by atoms with van der Waals surface area (Å²) in [5.74, 6) is -0.131. The zero-order valence-corrected chi connectivity index (χ0v) is 13.1. The third kappa shape index (κ3) is 3.36. The number of aliphatic hydroxyl groups excluding tert-OH is 1. The Morgan fingerprint density at radius 1 is 1.00 bits per heavy atom. The summed E-state index contributed by atoms with van der Waals surface area (Å²) in [6, 6.07) is 16.5. The molecule has 5 heteroatoms. The molecule has 0 spiro atoms. The number of nitrogens with one attached hydrogen (secondary N) is 1. The summed E-state index contributed by atoms with van der Waals surface area (Å²) in [6.45, 7) is 0.151. The summed E-state index contributed by atoms with van der Waals surface area (Å²) in [7, 11) is 0. The van der Waals surface area contributed by atoms with Crippen LogP contribution in [0.2, 0.25) is 0 Å². The molecule has 5 nitrogen and oxygen atoms in total. The molecule has 0 unspecified atom stereocenters. The monoisotopic (exact) mass is 322 g/mol. The van der Waals surface area contributed by atoms with E-state index >= 15 is 0 Å². The van der Waals surface area contributed by atoms with Crippen molar-refractivity contribution in [2.24, 2.45) is 0 Å². The highest BCUT2D eigenvalue weighted by molar-refractivity contribution is 6.02. The Morgan fingerprint density at radius 2 is 1.79 bits per heavy atom. The van der Waals surface area contributed by atoms with Crippen molar-refractivity contribution in [3.8, 4) is 0 Å². The minimum atomic E-state index is -0.180. The lowest BCUT2D eigenvalue weighted by Gasteiger charge is -2.10. The van der Waals surface area contributed by atoms with Crippen LogP contribution in [0.4, 0.5) is 5.69 Å². The van der Waals surface area contributed by atoms with Crippen LogP contribution in [0, 0.1) is 0 Å². The molecule has 0 saturated heterocycles. The molecule has 122 valence electrons. The summed E-state index contributed by atoms with van der Waals surface area (Å²) in [5.41, 5.74) is 1.36. The van der Waals surface area contributed by atoms with Crippen molar-refractivity contribution in [3.63, 3.8) is 0 Å². The van der Waals surface area contributed by atoms with Crippen LogP contribution in [0.15, 0.2) is 65.6 Å². The van der Waals surface area contributed by atoms with E-state index in [2.05, 4.69) is 5.32 Å². The zero-order chi connectivity index (χ0) is 16.9. The highest BCUT2D eigenvalue weighted by Gasteiger charge is 2.09. The summed E-state index contributed by atoms with van der Waals surface area (Å²) >= 11 is 0. The number of benzene rings is 2. The van der Waals surface area contributed by atoms with Gasteiger partial charge in [-0.25, -0.2) is 0 Å². The van der Waals surface area contributed by atoms with Crippen molar-refractivity contribution in [2.75, 3.05) is 11.9 Å². The lowest BCUT2D eigenvalue weighted by Crippen LogP contribution is -2.21. The molecule has 3 aromatic rings. The first-order valence-corrected chi connectivity index (χ1v) is 7.76. The minimum Gasteiger partial charge on any atom is -0.395 e. The van der Waals surface area contributed by atoms with Crippen molar-refractivity contribution in [2.45, 2.75) is 13.0 Å². The molecule has 0 aliphatic carbocycles. The van der Waals surface area contributed by atoms with Crippen LogP contribution >= 0.6 is 0 Å². The third-order valence-corrected chi connectivity index (χ3v) is 3.84. The van der Waals surface area contributed by atoms with E-state index in [4.69, 9.17) is 5.11 Å². The largest absolute Gasteiger partial charge is 0.395 e. The van der Waals surface area contributed by atoms with Gasteiger partial charge in [-0.05, 0) is 23.8 Å². The molecule has 0 saturated carbocycles. The number of hydrogen-bond donors (Lipinski definition) is 2. The quantitative estimate of drug-likeness (QED) is 0.756. The van der Waals surface area contributed by atoms with Gasteiger partial charge < -0.3 is 15.0 Å². The predicted octanol–water partition coefficient (Wildman–Crippen LogP) is 2.17. The van der Waals surface area contributed by atoms with E-state index in [1.54, 1.807) is 30.5 Å².